The number of phenolic OH excluding ortho intramolecular Hbond substituents is 1. The SMILES string of the molecule is Cc1ccc(/C=N/c2ncn[nH]2)c(O)c1. The number of nitrogens with zero attached hydrogens (tertiary/aromatic N) is 3. The second kappa shape index (κ2) is 3.91. The predicted molar refractivity (Wildman–Crippen MR) is 56.5 cm³/mol. The van der Waals surface area contributed by atoms with Crippen LogP contribution >= 0.6 is 0 Å². The van der Waals surface area contributed by atoms with E-state index in [0.29, 0.717) is 11.5 Å². The molecule has 0 atom stereocenters. The van der Waals surface area contributed by atoms with Crippen LogP contribution in [-0.4, -0.2) is 26.5 Å². The van der Waals surface area contributed by atoms with Gasteiger partial charge in [0.15, 0.2) is 0 Å². The van der Waals surface area contributed by atoms with E-state index in [-0.39, 0.29) is 5.75 Å². The van der Waals surface area contributed by atoms with Crippen molar-refractivity contribution >= 4 is 12.2 Å². The number of aryl methyl sites for hydroxylation is 1. The summed E-state index contributed by atoms with van der Waals surface area (Å²) in [6, 6.07) is 5.38. The number of aromatic hydroxyl groups is 1. The Hall–Kier alpha value is -2.17. The van der Waals surface area contributed by atoms with E-state index in [0.717, 1.165) is 5.56 Å². The molecule has 15 heavy (non-hydrogen) atoms. The van der Waals surface area contributed by atoms with Crippen LogP contribution in [0.3, 0.4) is 0 Å². The predicted octanol–water partition coefficient (Wildman–Crippen LogP) is 1.57. The minimum absolute atomic E-state index is 0.207. The fourth-order valence-electron chi connectivity index (χ4n) is 1.15. The van der Waals surface area contributed by atoms with Crippen LogP contribution in [0.15, 0.2) is 29.5 Å². The van der Waals surface area contributed by atoms with Gasteiger partial charge in [-0.2, -0.15) is 10.1 Å². The van der Waals surface area contributed by atoms with Crippen LogP contribution < -0.4 is 0 Å². The Balaban J connectivity index is 2.24. The Morgan fingerprint density at radius 2 is 2.33 bits per heavy atom. The molecule has 5 nitrogen and oxygen atoms in total. The average molecular weight is 202 g/mol. The first kappa shape index (κ1) is 9.39. The lowest BCUT2D eigenvalue weighted by molar-refractivity contribution is 0.474. The van der Waals surface area contributed by atoms with Crippen LogP contribution in [-0.2, 0) is 0 Å². The van der Waals surface area contributed by atoms with E-state index in [9.17, 15) is 5.11 Å². The highest BCUT2D eigenvalue weighted by atomic mass is 16.3. The summed E-state index contributed by atoms with van der Waals surface area (Å²) >= 11 is 0. The van der Waals surface area contributed by atoms with Gasteiger partial charge in [-0.25, -0.2) is 10.1 Å². The van der Waals surface area contributed by atoms with Gasteiger partial charge >= 0.3 is 0 Å². The van der Waals surface area contributed by atoms with Gasteiger partial charge in [0, 0.05) is 11.8 Å². The summed E-state index contributed by atoms with van der Waals surface area (Å²) in [7, 11) is 0. The van der Waals surface area contributed by atoms with Crippen molar-refractivity contribution in [1.82, 2.24) is 15.2 Å². The fourth-order valence-corrected chi connectivity index (χ4v) is 1.15. The molecule has 0 spiro atoms. The lowest BCUT2D eigenvalue weighted by Crippen LogP contribution is -1.83. The number of aromatic nitrogens is 3. The van der Waals surface area contributed by atoms with Crippen LogP contribution in [0.4, 0.5) is 5.95 Å². The fraction of sp³-hybridized carbons (Fsp3) is 0.100. The van der Waals surface area contributed by atoms with Gasteiger partial charge in [0.05, 0.1) is 0 Å². The summed E-state index contributed by atoms with van der Waals surface area (Å²) in [4.78, 5) is 7.85. The van der Waals surface area contributed by atoms with Crippen molar-refractivity contribution in [3.8, 4) is 5.75 Å². The smallest absolute Gasteiger partial charge is 0.245 e. The van der Waals surface area contributed by atoms with Gasteiger partial charge in [0.2, 0.25) is 5.95 Å². The molecule has 0 amide bonds. The number of hydrogen-bond donors (Lipinski definition) is 2. The third-order valence-electron chi connectivity index (χ3n) is 1.91. The number of benzene rings is 1. The van der Waals surface area contributed by atoms with Gasteiger partial charge < -0.3 is 5.11 Å². The monoisotopic (exact) mass is 202 g/mol. The van der Waals surface area contributed by atoms with Crippen LogP contribution in [0.2, 0.25) is 0 Å². The molecule has 2 aromatic rings. The molecule has 0 saturated heterocycles. The maximum absolute atomic E-state index is 9.58. The second-order valence-electron chi connectivity index (χ2n) is 3.13. The quantitative estimate of drug-likeness (QED) is 0.726. The van der Waals surface area contributed by atoms with Gasteiger partial charge in [-0.15, -0.1) is 0 Å². The van der Waals surface area contributed by atoms with Crippen LogP contribution in [0.5, 0.6) is 5.75 Å². The summed E-state index contributed by atoms with van der Waals surface area (Å²) < 4.78 is 0. The molecule has 0 aliphatic carbocycles. The summed E-state index contributed by atoms with van der Waals surface area (Å²) in [6.45, 7) is 1.91. The molecule has 0 radical (unpaired) electrons. The minimum atomic E-state index is 0.207. The molecule has 5 heteroatoms. The molecule has 0 aliphatic heterocycles. The van der Waals surface area contributed by atoms with Gasteiger partial charge in [-0.3, -0.25) is 0 Å². The molecule has 0 saturated carbocycles. The number of phenols is 1. The van der Waals surface area contributed by atoms with E-state index in [1.165, 1.54) is 12.5 Å². The Morgan fingerprint density at radius 1 is 1.47 bits per heavy atom. The third-order valence-corrected chi connectivity index (χ3v) is 1.91. The first-order valence-electron chi connectivity index (χ1n) is 4.45. The van der Waals surface area contributed by atoms with E-state index in [1.54, 1.807) is 12.1 Å². The van der Waals surface area contributed by atoms with E-state index in [2.05, 4.69) is 20.2 Å². The summed E-state index contributed by atoms with van der Waals surface area (Å²) in [6.07, 6.45) is 2.91. The van der Waals surface area contributed by atoms with Crippen molar-refractivity contribution < 1.29 is 5.11 Å². The molecule has 76 valence electrons. The first-order valence-corrected chi connectivity index (χ1v) is 4.45. The molecule has 1 aromatic carbocycles. The molecule has 1 aromatic heterocycles. The molecule has 0 bridgehead atoms. The zero-order chi connectivity index (χ0) is 10.7. The Morgan fingerprint density at radius 3 is 3.00 bits per heavy atom. The van der Waals surface area contributed by atoms with Crippen molar-refractivity contribution in [3.05, 3.63) is 35.7 Å². The lowest BCUT2D eigenvalue weighted by Gasteiger charge is -1.98. The highest BCUT2D eigenvalue weighted by Gasteiger charge is 1.98. The van der Waals surface area contributed by atoms with Crippen LogP contribution in [0, 0.1) is 6.92 Å². The molecule has 2 N–H and O–H groups in total. The Bertz CT molecular complexity index is 476. The molecular weight excluding hydrogens is 192 g/mol. The van der Waals surface area contributed by atoms with Crippen molar-refractivity contribution in [2.45, 2.75) is 6.92 Å². The highest BCUT2D eigenvalue weighted by Crippen LogP contribution is 2.16. The summed E-state index contributed by atoms with van der Waals surface area (Å²) in [5, 5.41) is 15.8. The topological polar surface area (TPSA) is 74.2 Å². The molecule has 0 aliphatic rings. The molecule has 1 heterocycles. The minimum Gasteiger partial charge on any atom is -0.507 e. The standard InChI is InChI=1S/C10H10N4O/c1-7-2-3-8(9(15)4-7)5-11-10-12-6-13-14-10/h2-6,15H,1H3,(H,12,13,14)/b11-5+. The van der Waals surface area contributed by atoms with E-state index < -0.39 is 0 Å². The van der Waals surface area contributed by atoms with Crippen molar-refractivity contribution in [3.63, 3.8) is 0 Å². The second-order valence-corrected chi connectivity index (χ2v) is 3.13. The number of aliphatic imine (C=N–C) groups is 1. The van der Waals surface area contributed by atoms with Gasteiger partial charge in [0.25, 0.3) is 0 Å². The van der Waals surface area contributed by atoms with Gasteiger partial charge in [0.1, 0.15) is 12.1 Å². The number of nitrogens with one attached hydrogen (secondary N) is 1. The van der Waals surface area contributed by atoms with Gasteiger partial charge in [-0.1, -0.05) is 6.07 Å². The lowest BCUT2D eigenvalue weighted by atomic mass is 10.1. The van der Waals surface area contributed by atoms with Gasteiger partial charge in [-0.05, 0) is 24.6 Å². The molecular formula is C10H10N4O. The van der Waals surface area contributed by atoms with E-state index in [4.69, 9.17) is 0 Å². The average Bonchev–Trinajstić information content (AvgIpc) is 2.69. The Kier molecular flexibility index (Phi) is 2.45. The summed E-state index contributed by atoms with van der Waals surface area (Å²) in [5.74, 6) is 0.619. The first-order chi connectivity index (χ1) is 7.25. The van der Waals surface area contributed by atoms with Crippen molar-refractivity contribution in [2.75, 3.05) is 0 Å². The number of hydrogen-bond acceptors (Lipinski definition) is 4. The summed E-state index contributed by atoms with van der Waals surface area (Å²) in [5.41, 5.74) is 1.65. The Labute approximate surface area is 86.5 Å². The number of H-pyrrole nitrogens is 1. The number of aromatic amines is 1. The number of rotatable bonds is 2. The maximum atomic E-state index is 9.58. The van der Waals surface area contributed by atoms with Crippen molar-refractivity contribution in [2.24, 2.45) is 4.99 Å². The largest absolute Gasteiger partial charge is 0.507 e. The zero-order valence-electron chi connectivity index (χ0n) is 8.18. The molecule has 0 unspecified atom stereocenters. The normalized spacial score (nSPS) is 11.0. The van der Waals surface area contributed by atoms with E-state index in [1.807, 2.05) is 13.0 Å². The zero-order valence-corrected chi connectivity index (χ0v) is 8.18. The van der Waals surface area contributed by atoms with Crippen LogP contribution in [0.25, 0.3) is 0 Å². The maximum Gasteiger partial charge on any atom is 0.245 e. The third kappa shape index (κ3) is 2.19. The molecule has 0 fully saturated rings. The van der Waals surface area contributed by atoms with Crippen molar-refractivity contribution in [1.29, 1.82) is 0 Å². The molecule has 2 rings (SSSR count). The highest BCUT2D eigenvalue weighted by molar-refractivity contribution is 5.84. The van der Waals surface area contributed by atoms with Crippen LogP contribution in [0.1, 0.15) is 11.1 Å². The van der Waals surface area contributed by atoms with E-state index >= 15 is 0 Å².